The molecule has 21 heavy (non-hydrogen) atoms. The zero-order valence-corrected chi connectivity index (χ0v) is 11.8. The molecule has 2 heterocycles. The van der Waals surface area contributed by atoms with Gasteiger partial charge in [-0.25, -0.2) is 9.59 Å². The van der Waals surface area contributed by atoms with Crippen molar-refractivity contribution in [3.8, 4) is 0 Å². The number of likely N-dealkylation sites (tertiary alicyclic amines) is 2. The van der Waals surface area contributed by atoms with E-state index in [1.165, 1.54) is 24.2 Å². The molecule has 2 saturated heterocycles. The Hall–Kier alpha value is -1.96. The van der Waals surface area contributed by atoms with Crippen molar-refractivity contribution in [2.75, 3.05) is 26.2 Å². The van der Waals surface area contributed by atoms with E-state index in [0.29, 0.717) is 19.5 Å². The highest BCUT2D eigenvalue weighted by Crippen LogP contribution is 2.12. The fourth-order valence-electron chi connectivity index (χ4n) is 2.31. The minimum atomic E-state index is -1.82. The van der Waals surface area contributed by atoms with Crippen LogP contribution in [0.25, 0.3) is 0 Å². The summed E-state index contributed by atoms with van der Waals surface area (Å²) in [6.07, 6.45) is 5.02. The first-order chi connectivity index (χ1) is 9.91. The summed E-state index contributed by atoms with van der Waals surface area (Å²) in [6.45, 7) is 3.08. The maximum absolute atomic E-state index is 11.8. The molecule has 0 radical (unpaired) electrons. The van der Waals surface area contributed by atoms with E-state index in [-0.39, 0.29) is 11.8 Å². The number of nitrogens with zero attached hydrogens (tertiary/aromatic N) is 2. The smallest absolute Gasteiger partial charge is 0.414 e. The lowest BCUT2D eigenvalue weighted by atomic mass is 10.1. The topological polar surface area (TPSA) is 115 Å². The molecule has 8 nitrogen and oxygen atoms in total. The van der Waals surface area contributed by atoms with Crippen molar-refractivity contribution in [3.05, 3.63) is 0 Å². The van der Waals surface area contributed by atoms with Crippen molar-refractivity contribution >= 4 is 23.8 Å². The molecule has 0 spiro atoms. The number of piperidine rings is 1. The molecular weight excluding hydrogens is 280 g/mol. The number of hydrogen-bond acceptors (Lipinski definition) is 5. The van der Waals surface area contributed by atoms with Crippen molar-refractivity contribution in [1.82, 2.24) is 9.80 Å². The van der Waals surface area contributed by atoms with Crippen LogP contribution in [-0.4, -0.2) is 69.9 Å². The highest BCUT2D eigenvalue weighted by Gasteiger charge is 2.27. The molecule has 2 fully saturated rings. The maximum Gasteiger partial charge on any atom is 0.414 e. The fourth-order valence-corrected chi connectivity index (χ4v) is 2.31. The fraction of sp³-hybridized carbons (Fsp3) is 0.692. The summed E-state index contributed by atoms with van der Waals surface area (Å²) in [5.41, 5.74) is 0. The normalized spacial score (nSPS) is 18.9. The number of rotatable bonds is 2. The van der Waals surface area contributed by atoms with E-state index in [0.717, 1.165) is 19.5 Å². The predicted octanol–water partition coefficient (Wildman–Crippen LogP) is -0.223. The van der Waals surface area contributed by atoms with Gasteiger partial charge in [-0.05, 0) is 32.4 Å². The molecule has 2 rings (SSSR count). The Morgan fingerprint density at radius 3 is 1.90 bits per heavy atom. The van der Waals surface area contributed by atoms with E-state index in [2.05, 4.69) is 4.90 Å². The molecule has 0 aromatic rings. The summed E-state index contributed by atoms with van der Waals surface area (Å²) in [7, 11) is 0. The van der Waals surface area contributed by atoms with Crippen molar-refractivity contribution in [1.29, 1.82) is 0 Å². The average Bonchev–Trinajstić information content (AvgIpc) is 2.87. The van der Waals surface area contributed by atoms with Gasteiger partial charge in [0.05, 0.1) is 6.54 Å². The maximum atomic E-state index is 11.8. The van der Waals surface area contributed by atoms with E-state index in [9.17, 15) is 9.59 Å². The van der Waals surface area contributed by atoms with Gasteiger partial charge in [-0.1, -0.05) is 6.42 Å². The van der Waals surface area contributed by atoms with Crippen LogP contribution in [0.2, 0.25) is 0 Å². The van der Waals surface area contributed by atoms with Crippen LogP contribution in [0.15, 0.2) is 0 Å². The highest BCUT2D eigenvalue weighted by atomic mass is 16.4. The van der Waals surface area contributed by atoms with Crippen molar-refractivity contribution in [3.63, 3.8) is 0 Å². The number of carboxylic acids is 2. The van der Waals surface area contributed by atoms with Gasteiger partial charge in [-0.3, -0.25) is 19.4 Å². The summed E-state index contributed by atoms with van der Waals surface area (Å²) in [6, 6.07) is 0. The van der Waals surface area contributed by atoms with E-state index < -0.39 is 11.9 Å². The van der Waals surface area contributed by atoms with Crippen LogP contribution >= 0.6 is 0 Å². The molecule has 8 heteroatoms. The number of carbonyl (C=O) groups is 4. The van der Waals surface area contributed by atoms with E-state index in [4.69, 9.17) is 19.8 Å². The second kappa shape index (κ2) is 8.35. The minimum Gasteiger partial charge on any atom is -0.473 e. The first-order valence-electron chi connectivity index (χ1n) is 6.93. The molecule has 0 saturated carbocycles. The van der Waals surface area contributed by atoms with Crippen LogP contribution in [0, 0.1) is 0 Å². The summed E-state index contributed by atoms with van der Waals surface area (Å²) in [5, 5.41) is 14.8. The Kier molecular flexibility index (Phi) is 6.80. The second-order valence-corrected chi connectivity index (χ2v) is 4.99. The number of imide groups is 1. The molecule has 0 unspecified atom stereocenters. The van der Waals surface area contributed by atoms with Crippen LogP contribution < -0.4 is 0 Å². The van der Waals surface area contributed by atoms with Gasteiger partial charge in [-0.15, -0.1) is 0 Å². The first-order valence-corrected chi connectivity index (χ1v) is 6.93. The molecule has 2 N–H and O–H groups in total. The third kappa shape index (κ3) is 5.90. The largest absolute Gasteiger partial charge is 0.473 e. The van der Waals surface area contributed by atoms with Gasteiger partial charge in [0.15, 0.2) is 0 Å². The number of carbonyl (C=O) groups excluding carboxylic acids is 2. The molecule has 0 aromatic carbocycles. The monoisotopic (exact) mass is 300 g/mol. The molecule has 118 valence electrons. The number of amides is 2. The minimum absolute atomic E-state index is 0.000556. The Labute approximate surface area is 122 Å². The summed E-state index contributed by atoms with van der Waals surface area (Å²) >= 11 is 0. The molecular formula is C13H20N2O6. The van der Waals surface area contributed by atoms with Crippen LogP contribution in [-0.2, 0) is 19.2 Å². The second-order valence-electron chi connectivity index (χ2n) is 4.99. The van der Waals surface area contributed by atoms with Crippen LogP contribution in [0.3, 0.4) is 0 Å². The highest BCUT2D eigenvalue weighted by molar-refractivity contribution is 6.27. The molecule has 0 bridgehead atoms. The molecule has 2 aliphatic rings. The molecule has 0 atom stereocenters. The van der Waals surface area contributed by atoms with E-state index >= 15 is 0 Å². The van der Waals surface area contributed by atoms with Crippen molar-refractivity contribution in [2.45, 2.75) is 32.1 Å². The number of carboxylic acid groups (broad SMARTS) is 2. The molecule has 0 aromatic heterocycles. The lowest BCUT2D eigenvalue weighted by Crippen LogP contribution is -2.42. The lowest BCUT2D eigenvalue weighted by molar-refractivity contribution is -0.159. The molecule has 2 amide bonds. The average molecular weight is 300 g/mol. The van der Waals surface area contributed by atoms with E-state index in [1.54, 1.807) is 0 Å². The standard InChI is InChI=1S/C11H18N2O2.C2H2O4/c14-10-5-4-8-13(10)11(15)9-12-6-2-1-3-7-12;3-1(4)2(5)6/h1-9H2;(H,3,4)(H,5,6). The quantitative estimate of drug-likeness (QED) is 0.677. The zero-order chi connectivity index (χ0) is 15.8. The Morgan fingerprint density at radius 1 is 0.905 bits per heavy atom. The number of hydrogen-bond donors (Lipinski definition) is 2. The Morgan fingerprint density at radius 2 is 1.48 bits per heavy atom. The Balaban J connectivity index is 0.000000315. The van der Waals surface area contributed by atoms with E-state index in [1.807, 2.05) is 0 Å². The predicted molar refractivity (Wildman–Crippen MR) is 71.5 cm³/mol. The van der Waals surface area contributed by atoms with Gasteiger partial charge in [0.2, 0.25) is 11.8 Å². The lowest BCUT2D eigenvalue weighted by Gasteiger charge is -2.27. The van der Waals surface area contributed by atoms with Gasteiger partial charge >= 0.3 is 11.9 Å². The SMILES string of the molecule is O=C(O)C(=O)O.O=C1CCCN1C(=O)CN1CCCCC1. The molecule has 0 aliphatic carbocycles. The van der Waals surface area contributed by atoms with Crippen LogP contribution in [0.4, 0.5) is 0 Å². The number of aliphatic carboxylic acids is 2. The van der Waals surface area contributed by atoms with Gasteiger partial charge < -0.3 is 10.2 Å². The summed E-state index contributed by atoms with van der Waals surface area (Å²) < 4.78 is 0. The van der Waals surface area contributed by atoms with Gasteiger partial charge in [-0.2, -0.15) is 0 Å². The van der Waals surface area contributed by atoms with Gasteiger partial charge in [0, 0.05) is 13.0 Å². The van der Waals surface area contributed by atoms with Crippen molar-refractivity contribution in [2.24, 2.45) is 0 Å². The summed E-state index contributed by atoms with van der Waals surface area (Å²) in [4.78, 5) is 44.9. The molecule has 2 aliphatic heterocycles. The zero-order valence-electron chi connectivity index (χ0n) is 11.8. The Bertz CT molecular complexity index is 405. The van der Waals surface area contributed by atoms with Gasteiger partial charge in [0.25, 0.3) is 0 Å². The third-order valence-corrected chi connectivity index (χ3v) is 3.36. The first kappa shape index (κ1) is 17.1. The van der Waals surface area contributed by atoms with Crippen LogP contribution in [0.5, 0.6) is 0 Å². The third-order valence-electron chi connectivity index (χ3n) is 3.36. The van der Waals surface area contributed by atoms with Gasteiger partial charge in [0.1, 0.15) is 0 Å². The van der Waals surface area contributed by atoms with Crippen molar-refractivity contribution < 1.29 is 29.4 Å². The van der Waals surface area contributed by atoms with Crippen LogP contribution in [0.1, 0.15) is 32.1 Å². The summed E-state index contributed by atoms with van der Waals surface area (Å²) in [5.74, 6) is -3.64.